The smallest absolute Gasteiger partial charge is 0.129 e. The number of carbonyl (C=O) groups excluding carboxylic acids is 1. The predicted molar refractivity (Wildman–Crippen MR) is 65.6 cm³/mol. The molecule has 1 aliphatic rings. The van der Waals surface area contributed by atoms with E-state index in [0.717, 1.165) is 44.9 Å². The third kappa shape index (κ3) is 6.23. The van der Waals surface area contributed by atoms with Gasteiger partial charge in [0.2, 0.25) is 0 Å². The summed E-state index contributed by atoms with van der Waals surface area (Å²) in [7, 11) is 2.18. The van der Waals surface area contributed by atoms with Crippen LogP contribution in [0.15, 0.2) is 0 Å². The molecule has 0 unspecified atom stereocenters. The topological polar surface area (TPSA) is 29.5 Å². The maximum atomic E-state index is 10.8. The van der Waals surface area contributed by atoms with E-state index in [9.17, 15) is 4.79 Å². The zero-order valence-electron chi connectivity index (χ0n) is 10.7. The van der Waals surface area contributed by atoms with Crippen LogP contribution in [-0.4, -0.2) is 44.0 Å². The fourth-order valence-electron chi connectivity index (χ4n) is 2.22. The fraction of sp³-hybridized carbons (Fsp3) is 0.923. The summed E-state index contributed by atoms with van der Waals surface area (Å²) >= 11 is 0. The lowest BCUT2D eigenvalue weighted by atomic mass is 10.00. The summed E-state index contributed by atoms with van der Waals surface area (Å²) in [4.78, 5) is 13.2. The Kier molecular flexibility index (Phi) is 6.65. The van der Waals surface area contributed by atoms with Crippen molar-refractivity contribution in [2.45, 2.75) is 39.0 Å². The van der Waals surface area contributed by atoms with Gasteiger partial charge in [-0.05, 0) is 52.1 Å². The number of ketones is 1. The number of rotatable bonds is 7. The van der Waals surface area contributed by atoms with Crippen LogP contribution < -0.4 is 0 Å². The minimum atomic E-state index is 0.312. The molecule has 0 N–H and O–H groups in total. The summed E-state index contributed by atoms with van der Waals surface area (Å²) in [5, 5.41) is 0. The van der Waals surface area contributed by atoms with E-state index in [1.54, 1.807) is 6.92 Å². The molecule has 3 heteroatoms. The molecule has 0 aromatic carbocycles. The first-order chi connectivity index (χ1) is 7.68. The van der Waals surface area contributed by atoms with Gasteiger partial charge < -0.3 is 14.4 Å². The van der Waals surface area contributed by atoms with Crippen molar-refractivity contribution in [3.63, 3.8) is 0 Å². The summed E-state index contributed by atoms with van der Waals surface area (Å²) in [5.41, 5.74) is 0. The Morgan fingerprint density at radius 3 is 2.62 bits per heavy atom. The first-order valence-electron chi connectivity index (χ1n) is 6.44. The van der Waals surface area contributed by atoms with Gasteiger partial charge in [0.1, 0.15) is 5.78 Å². The highest BCUT2D eigenvalue weighted by Crippen LogP contribution is 2.15. The van der Waals surface area contributed by atoms with Crippen LogP contribution in [0.25, 0.3) is 0 Å². The Bertz CT molecular complexity index is 200. The number of hydrogen-bond acceptors (Lipinski definition) is 3. The van der Waals surface area contributed by atoms with Crippen molar-refractivity contribution in [3.8, 4) is 0 Å². The maximum absolute atomic E-state index is 10.8. The predicted octanol–water partition coefficient (Wildman–Crippen LogP) is 2.10. The van der Waals surface area contributed by atoms with Crippen LogP contribution in [0, 0.1) is 5.92 Å². The number of carbonyl (C=O) groups is 1. The summed E-state index contributed by atoms with van der Waals surface area (Å²) in [6, 6.07) is 0. The van der Waals surface area contributed by atoms with Gasteiger partial charge in [-0.2, -0.15) is 0 Å². The Labute approximate surface area is 99.1 Å². The van der Waals surface area contributed by atoms with Crippen molar-refractivity contribution in [1.29, 1.82) is 0 Å². The molecule has 0 saturated carbocycles. The third-order valence-corrected chi connectivity index (χ3v) is 3.23. The lowest BCUT2D eigenvalue weighted by molar-refractivity contribution is -0.117. The lowest BCUT2D eigenvalue weighted by Gasteiger charge is -2.27. The average molecular weight is 227 g/mol. The molecule has 0 atom stereocenters. The molecule has 1 aliphatic heterocycles. The number of nitrogens with zero attached hydrogens (tertiary/aromatic N) is 1. The maximum Gasteiger partial charge on any atom is 0.129 e. The SMILES string of the molecule is CC(=O)CCCCN(C)CC1CCOCC1. The van der Waals surface area contributed by atoms with Gasteiger partial charge in [0.05, 0.1) is 0 Å². The molecule has 0 spiro atoms. The summed E-state index contributed by atoms with van der Waals surface area (Å²) in [6.45, 7) is 5.84. The zero-order valence-corrected chi connectivity index (χ0v) is 10.7. The molecule has 0 aliphatic carbocycles. The van der Waals surface area contributed by atoms with Crippen molar-refractivity contribution < 1.29 is 9.53 Å². The monoisotopic (exact) mass is 227 g/mol. The van der Waals surface area contributed by atoms with Crippen molar-refractivity contribution in [2.75, 3.05) is 33.4 Å². The molecule has 16 heavy (non-hydrogen) atoms. The fourth-order valence-corrected chi connectivity index (χ4v) is 2.22. The molecule has 0 bridgehead atoms. The second kappa shape index (κ2) is 7.80. The van der Waals surface area contributed by atoms with Gasteiger partial charge in [-0.15, -0.1) is 0 Å². The summed E-state index contributed by atoms with van der Waals surface area (Å²) in [5.74, 6) is 1.12. The van der Waals surface area contributed by atoms with E-state index in [1.807, 2.05) is 0 Å². The Hall–Kier alpha value is -0.410. The van der Waals surface area contributed by atoms with Gasteiger partial charge >= 0.3 is 0 Å². The normalized spacial score (nSPS) is 17.9. The van der Waals surface area contributed by atoms with Gasteiger partial charge in [-0.3, -0.25) is 0 Å². The molecule has 0 amide bonds. The van der Waals surface area contributed by atoms with E-state index in [1.165, 1.54) is 19.4 Å². The largest absolute Gasteiger partial charge is 0.381 e. The number of Topliss-reactive ketones (excluding diaryl/α,β-unsaturated/α-hetero) is 1. The van der Waals surface area contributed by atoms with Gasteiger partial charge in [0.25, 0.3) is 0 Å². The highest BCUT2D eigenvalue weighted by Gasteiger charge is 2.15. The molecule has 94 valence electrons. The van der Waals surface area contributed by atoms with Crippen LogP contribution in [0.2, 0.25) is 0 Å². The minimum Gasteiger partial charge on any atom is -0.381 e. The molecule has 0 aromatic rings. The minimum absolute atomic E-state index is 0.312. The second-order valence-corrected chi connectivity index (χ2v) is 4.98. The van der Waals surface area contributed by atoms with Crippen LogP contribution in [0.4, 0.5) is 0 Å². The Balaban J connectivity index is 2.01. The van der Waals surface area contributed by atoms with Gasteiger partial charge in [-0.1, -0.05) is 0 Å². The quantitative estimate of drug-likeness (QED) is 0.624. The highest BCUT2D eigenvalue weighted by atomic mass is 16.5. The van der Waals surface area contributed by atoms with Crippen molar-refractivity contribution in [1.82, 2.24) is 4.90 Å². The third-order valence-electron chi connectivity index (χ3n) is 3.23. The second-order valence-electron chi connectivity index (χ2n) is 4.98. The van der Waals surface area contributed by atoms with Crippen molar-refractivity contribution >= 4 is 5.78 Å². The van der Waals surface area contributed by atoms with Crippen molar-refractivity contribution in [2.24, 2.45) is 5.92 Å². The van der Waals surface area contributed by atoms with Crippen LogP contribution >= 0.6 is 0 Å². The summed E-state index contributed by atoms with van der Waals surface area (Å²) < 4.78 is 5.35. The Morgan fingerprint density at radius 2 is 2.00 bits per heavy atom. The zero-order chi connectivity index (χ0) is 11.8. The number of hydrogen-bond donors (Lipinski definition) is 0. The van der Waals surface area contributed by atoms with E-state index in [0.29, 0.717) is 5.78 Å². The van der Waals surface area contributed by atoms with Crippen LogP contribution in [0.5, 0.6) is 0 Å². The van der Waals surface area contributed by atoms with Crippen molar-refractivity contribution in [3.05, 3.63) is 0 Å². The standard InChI is InChI=1S/C13H25NO2/c1-12(15)5-3-4-8-14(2)11-13-6-9-16-10-7-13/h13H,3-11H2,1-2H3. The molecule has 1 heterocycles. The van der Waals surface area contributed by atoms with Gasteiger partial charge in [0.15, 0.2) is 0 Å². The van der Waals surface area contributed by atoms with E-state index >= 15 is 0 Å². The molecular weight excluding hydrogens is 202 g/mol. The van der Waals surface area contributed by atoms with Gasteiger partial charge in [0, 0.05) is 26.2 Å². The van der Waals surface area contributed by atoms with E-state index < -0.39 is 0 Å². The van der Waals surface area contributed by atoms with E-state index in [2.05, 4.69) is 11.9 Å². The molecule has 1 rings (SSSR count). The van der Waals surface area contributed by atoms with Crippen LogP contribution in [0.1, 0.15) is 39.0 Å². The summed E-state index contributed by atoms with van der Waals surface area (Å²) in [6.07, 6.45) is 5.33. The number of unbranched alkanes of at least 4 members (excludes halogenated alkanes) is 1. The van der Waals surface area contributed by atoms with Gasteiger partial charge in [-0.25, -0.2) is 0 Å². The highest BCUT2D eigenvalue weighted by molar-refractivity contribution is 5.75. The molecule has 3 nitrogen and oxygen atoms in total. The molecule has 0 aromatic heterocycles. The molecule has 1 saturated heterocycles. The molecular formula is C13H25NO2. The van der Waals surface area contributed by atoms with E-state index in [4.69, 9.17) is 4.74 Å². The van der Waals surface area contributed by atoms with Crippen LogP contribution in [-0.2, 0) is 9.53 Å². The van der Waals surface area contributed by atoms with E-state index in [-0.39, 0.29) is 0 Å². The lowest BCUT2D eigenvalue weighted by Crippen LogP contribution is -2.30. The number of ether oxygens (including phenoxy) is 1. The Morgan fingerprint density at radius 1 is 1.31 bits per heavy atom. The first-order valence-corrected chi connectivity index (χ1v) is 6.44. The first kappa shape index (κ1) is 13.7. The molecule has 0 radical (unpaired) electrons. The molecule has 1 fully saturated rings. The van der Waals surface area contributed by atoms with Crippen LogP contribution in [0.3, 0.4) is 0 Å². The average Bonchev–Trinajstić information content (AvgIpc) is 2.25.